The molecule has 0 radical (unpaired) electrons. The third kappa shape index (κ3) is 6.09. The van der Waals surface area contributed by atoms with Crippen LogP contribution in [0.2, 0.25) is 0 Å². The van der Waals surface area contributed by atoms with Crippen molar-refractivity contribution in [1.29, 1.82) is 0 Å². The van der Waals surface area contributed by atoms with Gasteiger partial charge in [0.05, 0.1) is 25.3 Å². The van der Waals surface area contributed by atoms with Crippen molar-refractivity contribution in [2.24, 2.45) is 0 Å². The summed E-state index contributed by atoms with van der Waals surface area (Å²) in [7, 11) is 0. The highest BCUT2D eigenvalue weighted by atomic mass is 19.4. The van der Waals surface area contributed by atoms with Crippen LogP contribution in [0.1, 0.15) is 19.4 Å². The predicted octanol–water partition coefficient (Wildman–Crippen LogP) is 2.05. The van der Waals surface area contributed by atoms with Crippen molar-refractivity contribution in [3.63, 3.8) is 0 Å². The number of amides is 1. The molecule has 0 atom stereocenters. The van der Waals surface area contributed by atoms with Crippen molar-refractivity contribution < 1.29 is 22.7 Å². The van der Waals surface area contributed by atoms with Crippen molar-refractivity contribution in [3.8, 4) is 0 Å². The molecule has 0 aliphatic carbocycles. The second-order valence-corrected chi connectivity index (χ2v) is 8.50. The molecular weight excluding hydrogens is 397 g/mol. The Morgan fingerprint density at radius 1 is 1.07 bits per heavy atom. The molecule has 1 N–H and O–H groups in total. The first-order valence-electron chi connectivity index (χ1n) is 10.4. The Bertz CT molecular complexity index is 712. The molecule has 3 rings (SSSR count). The van der Waals surface area contributed by atoms with E-state index in [1.54, 1.807) is 6.07 Å². The van der Waals surface area contributed by atoms with Crippen LogP contribution >= 0.6 is 0 Å². The molecule has 2 fully saturated rings. The fourth-order valence-corrected chi connectivity index (χ4v) is 3.90. The Morgan fingerprint density at radius 2 is 1.73 bits per heavy atom. The summed E-state index contributed by atoms with van der Waals surface area (Å²) in [6.07, 6.45) is -4.34. The summed E-state index contributed by atoms with van der Waals surface area (Å²) in [5.41, 5.74) is -0.201. The molecule has 2 saturated heterocycles. The van der Waals surface area contributed by atoms with Gasteiger partial charge in [0.2, 0.25) is 5.91 Å². The quantitative estimate of drug-likeness (QED) is 0.752. The Kier molecular flexibility index (Phi) is 7.26. The standard InChI is InChI=1S/C21H31F3N4O2/c1-20(2,28-10-12-30-13-11-28)16-25-19(29)15-26-6-8-27(9-7-26)18-5-3-4-17(14-18)21(22,23)24/h3-5,14H,6-13,15-16H2,1-2H3,(H,25,29). The van der Waals surface area contributed by atoms with Crippen LogP contribution in [-0.2, 0) is 15.7 Å². The molecule has 6 nitrogen and oxygen atoms in total. The SMILES string of the molecule is CC(C)(CNC(=O)CN1CCN(c2cccc(C(F)(F)F)c2)CC1)N1CCOCC1. The fraction of sp³-hybridized carbons (Fsp3) is 0.667. The molecule has 1 amide bonds. The van der Waals surface area contributed by atoms with Gasteiger partial charge in [0.1, 0.15) is 0 Å². The van der Waals surface area contributed by atoms with E-state index in [0.29, 0.717) is 58.2 Å². The maximum Gasteiger partial charge on any atom is 0.416 e. The lowest BCUT2D eigenvalue weighted by molar-refractivity contribution is -0.137. The van der Waals surface area contributed by atoms with Crippen LogP contribution in [0.3, 0.4) is 0 Å². The lowest BCUT2D eigenvalue weighted by Crippen LogP contribution is -2.56. The number of hydrogen-bond donors (Lipinski definition) is 1. The van der Waals surface area contributed by atoms with Crippen LogP contribution in [0.25, 0.3) is 0 Å². The Balaban J connectivity index is 1.44. The number of nitrogens with one attached hydrogen (secondary N) is 1. The number of morpholine rings is 1. The first kappa shape index (κ1) is 22.8. The lowest BCUT2D eigenvalue weighted by Gasteiger charge is -2.41. The second-order valence-electron chi connectivity index (χ2n) is 8.50. The average Bonchev–Trinajstić information content (AvgIpc) is 2.73. The van der Waals surface area contributed by atoms with Gasteiger partial charge < -0.3 is 15.0 Å². The molecule has 2 aliphatic rings. The van der Waals surface area contributed by atoms with E-state index in [1.807, 2.05) is 9.80 Å². The average molecular weight is 428 g/mol. The summed E-state index contributed by atoms with van der Waals surface area (Å²) in [5, 5.41) is 3.03. The summed E-state index contributed by atoms with van der Waals surface area (Å²) in [6.45, 7) is 10.7. The molecule has 2 aliphatic heterocycles. The fourth-order valence-electron chi connectivity index (χ4n) is 3.90. The third-order valence-electron chi connectivity index (χ3n) is 5.86. The number of benzene rings is 1. The van der Waals surface area contributed by atoms with Gasteiger partial charge in [-0.3, -0.25) is 14.6 Å². The minimum absolute atomic E-state index is 0.0242. The zero-order valence-electron chi connectivity index (χ0n) is 17.7. The zero-order valence-corrected chi connectivity index (χ0v) is 17.7. The molecule has 0 aromatic heterocycles. The van der Waals surface area contributed by atoms with Crippen molar-refractivity contribution in [2.45, 2.75) is 25.6 Å². The molecular formula is C21H31F3N4O2. The van der Waals surface area contributed by atoms with Gasteiger partial charge in [-0.2, -0.15) is 13.2 Å². The highest BCUT2D eigenvalue weighted by molar-refractivity contribution is 5.78. The van der Waals surface area contributed by atoms with Crippen molar-refractivity contribution in [2.75, 3.05) is 70.5 Å². The summed E-state index contributed by atoms with van der Waals surface area (Å²) in [6, 6.07) is 5.41. The van der Waals surface area contributed by atoms with Gasteiger partial charge >= 0.3 is 6.18 Å². The third-order valence-corrected chi connectivity index (χ3v) is 5.86. The van der Waals surface area contributed by atoms with Crippen LogP contribution in [0.5, 0.6) is 0 Å². The molecule has 30 heavy (non-hydrogen) atoms. The largest absolute Gasteiger partial charge is 0.416 e. The lowest BCUT2D eigenvalue weighted by atomic mass is 10.0. The van der Waals surface area contributed by atoms with Crippen LogP contribution in [0.15, 0.2) is 24.3 Å². The number of carbonyl (C=O) groups is 1. The first-order chi connectivity index (χ1) is 14.1. The van der Waals surface area contributed by atoms with Gasteiger partial charge in [0.25, 0.3) is 0 Å². The minimum atomic E-state index is -4.34. The number of anilines is 1. The van der Waals surface area contributed by atoms with E-state index in [1.165, 1.54) is 12.1 Å². The number of rotatable bonds is 6. The summed E-state index contributed by atoms with van der Waals surface area (Å²) in [5.74, 6) is -0.0242. The van der Waals surface area contributed by atoms with Gasteiger partial charge in [-0.05, 0) is 32.0 Å². The van der Waals surface area contributed by atoms with Gasteiger partial charge in [0.15, 0.2) is 0 Å². The number of hydrogen-bond acceptors (Lipinski definition) is 5. The summed E-state index contributed by atoms with van der Waals surface area (Å²) < 4.78 is 44.2. The molecule has 0 saturated carbocycles. The smallest absolute Gasteiger partial charge is 0.379 e. The number of piperazine rings is 1. The van der Waals surface area contributed by atoms with E-state index < -0.39 is 11.7 Å². The van der Waals surface area contributed by atoms with Gasteiger partial charge in [-0.15, -0.1) is 0 Å². The van der Waals surface area contributed by atoms with Crippen LogP contribution in [0, 0.1) is 0 Å². The number of carbonyl (C=O) groups excluding carboxylic acids is 1. The zero-order chi connectivity index (χ0) is 21.8. The van der Waals surface area contributed by atoms with E-state index in [2.05, 4.69) is 24.1 Å². The van der Waals surface area contributed by atoms with E-state index in [4.69, 9.17) is 4.74 Å². The monoisotopic (exact) mass is 428 g/mol. The predicted molar refractivity (Wildman–Crippen MR) is 110 cm³/mol. The van der Waals surface area contributed by atoms with E-state index >= 15 is 0 Å². The molecule has 0 spiro atoms. The minimum Gasteiger partial charge on any atom is -0.379 e. The molecule has 1 aromatic rings. The van der Waals surface area contributed by atoms with Crippen molar-refractivity contribution in [3.05, 3.63) is 29.8 Å². The van der Waals surface area contributed by atoms with Gasteiger partial charge in [0, 0.05) is 57.0 Å². The number of alkyl halides is 3. The summed E-state index contributed by atoms with van der Waals surface area (Å²) in [4.78, 5) is 18.7. The Morgan fingerprint density at radius 3 is 2.37 bits per heavy atom. The van der Waals surface area contributed by atoms with E-state index in [9.17, 15) is 18.0 Å². The Labute approximate surface area is 175 Å². The molecule has 1 aromatic carbocycles. The molecule has 9 heteroatoms. The number of nitrogens with zero attached hydrogens (tertiary/aromatic N) is 3. The van der Waals surface area contributed by atoms with Gasteiger partial charge in [-0.25, -0.2) is 0 Å². The molecule has 168 valence electrons. The molecule has 0 unspecified atom stereocenters. The van der Waals surface area contributed by atoms with E-state index in [-0.39, 0.29) is 11.4 Å². The topological polar surface area (TPSA) is 48.1 Å². The number of ether oxygens (including phenoxy) is 1. The van der Waals surface area contributed by atoms with Crippen LogP contribution in [-0.4, -0.2) is 86.8 Å². The van der Waals surface area contributed by atoms with Crippen LogP contribution in [0.4, 0.5) is 18.9 Å². The maximum absolute atomic E-state index is 12.9. The van der Waals surface area contributed by atoms with Gasteiger partial charge in [-0.1, -0.05) is 6.07 Å². The normalized spacial score (nSPS) is 19.7. The maximum atomic E-state index is 12.9. The highest BCUT2D eigenvalue weighted by Crippen LogP contribution is 2.31. The highest BCUT2D eigenvalue weighted by Gasteiger charge is 2.31. The molecule has 2 heterocycles. The first-order valence-corrected chi connectivity index (χ1v) is 10.4. The van der Waals surface area contributed by atoms with Crippen molar-refractivity contribution in [1.82, 2.24) is 15.1 Å². The summed E-state index contributed by atoms with van der Waals surface area (Å²) >= 11 is 0. The second kappa shape index (κ2) is 9.53. The molecule has 0 bridgehead atoms. The van der Waals surface area contributed by atoms with E-state index in [0.717, 1.165) is 19.2 Å². The number of halogens is 3. The Hall–Kier alpha value is -1.84. The van der Waals surface area contributed by atoms with Crippen molar-refractivity contribution >= 4 is 11.6 Å². The van der Waals surface area contributed by atoms with Crippen LogP contribution < -0.4 is 10.2 Å².